The lowest BCUT2D eigenvalue weighted by molar-refractivity contribution is 0.195. The van der Waals surface area contributed by atoms with Gasteiger partial charge in [0.1, 0.15) is 5.75 Å². The highest BCUT2D eigenvalue weighted by atomic mass is 16.5. The normalized spacial score (nSPS) is 11.8. The number of nitrogens with zero attached hydrogens (tertiary/aromatic N) is 1. The summed E-state index contributed by atoms with van der Waals surface area (Å²) < 4.78 is 5.45. The van der Waals surface area contributed by atoms with Crippen LogP contribution in [0.25, 0.3) is 0 Å². The van der Waals surface area contributed by atoms with E-state index in [9.17, 15) is 5.11 Å². The highest BCUT2D eigenvalue weighted by Crippen LogP contribution is 2.13. The van der Waals surface area contributed by atoms with Crippen LogP contribution in [0.3, 0.4) is 0 Å². The Balaban J connectivity index is 2.37. The molecular weight excluding hydrogens is 202 g/mol. The molecule has 0 aliphatic rings. The summed E-state index contributed by atoms with van der Waals surface area (Å²) in [6.07, 6.45) is 1.63. The first-order chi connectivity index (χ1) is 7.72. The van der Waals surface area contributed by atoms with E-state index in [0.29, 0.717) is 19.4 Å². The van der Waals surface area contributed by atoms with E-state index in [1.165, 1.54) is 0 Å². The molecule has 1 N–H and O–H groups in total. The van der Waals surface area contributed by atoms with E-state index in [1.807, 2.05) is 24.3 Å². The summed E-state index contributed by atoms with van der Waals surface area (Å²) >= 11 is 0. The summed E-state index contributed by atoms with van der Waals surface area (Å²) in [5.41, 5.74) is 1.10. The van der Waals surface area contributed by atoms with Gasteiger partial charge < -0.3 is 9.84 Å². The zero-order valence-corrected chi connectivity index (χ0v) is 9.52. The molecule has 1 atom stereocenters. The van der Waals surface area contributed by atoms with Gasteiger partial charge in [0.15, 0.2) is 0 Å². The van der Waals surface area contributed by atoms with Crippen molar-refractivity contribution in [3.05, 3.63) is 29.8 Å². The maximum Gasteiger partial charge on any atom is 0.119 e. The Morgan fingerprint density at radius 3 is 2.62 bits per heavy atom. The van der Waals surface area contributed by atoms with Crippen LogP contribution in [0.2, 0.25) is 0 Å². The number of hydrogen-bond acceptors (Lipinski definition) is 3. The number of unbranched alkanes of at least 4 members (excludes halogenated alkanes) is 1. The van der Waals surface area contributed by atoms with Crippen molar-refractivity contribution >= 4 is 0 Å². The fraction of sp³-hybridized carbons (Fsp3) is 0.462. The molecule has 0 amide bonds. The van der Waals surface area contributed by atoms with E-state index in [4.69, 9.17) is 10.00 Å². The lowest BCUT2D eigenvalue weighted by atomic mass is 10.1. The molecule has 3 nitrogen and oxygen atoms in total. The second kappa shape index (κ2) is 6.86. The molecule has 0 bridgehead atoms. The van der Waals surface area contributed by atoms with Gasteiger partial charge in [-0.1, -0.05) is 12.1 Å². The van der Waals surface area contributed by atoms with Gasteiger partial charge in [-0.05, 0) is 37.5 Å². The number of ether oxygens (including phenoxy) is 1. The summed E-state index contributed by atoms with van der Waals surface area (Å²) in [5, 5.41) is 17.6. The zero-order chi connectivity index (χ0) is 11.8. The SMILES string of the molecule is CC(O)Cc1ccc(OCCCC#N)cc1. The summed E-state index contributed by atoms with van der Waals surface area (Å²) in [6, 6.07) is 9.76. The van der Waals surface area contributed by atoms with E-state index in [2.05, 4.69) is 6.07 Å². The second-order valence-corrected chi connectivity index (χ2v) is 3.81. The summed E-state index contributed by atoms with van der Waals surface area (Å²) in [6.45, 7) is 2.34. The maximum absolute atomic E-state index is 9.21. The molecule has 86 valence electrons. The van der Waals surface area contributed by atoms with Crippen molar-refractivity contribution in [2.45, 2.75) is 32.3 Å². The predicted octanol–water partition coefficient (Wildman–Crippen LogP) is 2.29. The molecule has 1 unspecified atom stereocenters. The van der Waals surface area contributed by atoms with Crippen molar-refractivity contribution in [1.82, 2.24) is 0 Å². The van der Waals surface area contributed by atoms with E-state index in [1.54, 1.807) is 6.92 Å². The fourth-order valence-electron chi connectivity index (χ4n) is 1.40. The van der Waals surface area contributed by atoms with Gasteiger partial charge in [0, 0.05) is 6.42 Å². The monoisotopic (exact) mass is 219 g/mol. The summed E-state index contributed by atoms with van der Waals surface area (Å²) in [4.78, 5) is 0. The first kappa shape index (κ1) is 12.5. The quantitative estimate of drug-likeness (QED) is 0.747. The Hall–Kier alpha value is -1.53. The van der Waals surface area contributed by atoms with Crippen LogP contribution in [0.1, 0.15) is 25.3 Å². The van der Waals surface area contributed by atoms with Gasteiger partial charge in [0.2, 0.25) is 0 Å². The Morgan fingerprint density at radius 2 is 2.06 bits per heavy atom. The van der Waals surface area contributed by atoms with Gasteiger partial charge >= 0.3 is 0 Å². The molecule has 16 heavy (non-hydrogen) atoms. The Kier molecular flexibility index (Phi) is 5.38. The number of rotatable bonds is 6. The van der Waals surface area contributed by atoms with E-state index < -0.39 is 0 Å². The molecule has 1 rings (SSSR count). The van der Waals surface area contributed by atoms with Crippen LogP contribution >= 0.6 is 0 Å². The van der Waals surface area contributed by atoms with Crippen LogP contribution in [0, 0.1) is 11.3 Å². The molecule has 0 radical (unpaired) electrons. The topological polar surface area (TPSA) is 53.2 Å². The lowest BCUT2D eigenvalue weighted by Crippen LogP contribution is -2.04. The van der Waals surface area contributed by atoms with Crippen molar-refractivity contribution < 1.29 is 9.84 Å². The number of aliphatic hydroxyl groups excluding tert-OH is 1. The van der Waals surface area contributed by atoms with Crippen LogP contribution in [-0.4, -0.2) is 17.8 Å². The number of nitriles is 1. The minimum atomic E-state index is -0.317. The van der Waals surface area contributed by atoms with Crippen LogP contribution in [0.5, 0.6) is 5.75 Å². The molecule has 1 aromatic rings. The van der Waals surface area contributed by atoms with E-state index >= 15 is 0 Å². The molecule has 3 heteroatoms. The van der Waals surface area contributed by atoms with Crippen molar-refractivity contribution in [2.24, 2.45) is 0 Å². The fourth-order valence-corrected chi connectivity index (χ4v) is 1.40. The first-order valence-electron chi connectivity index (χ1n) is 5.49. The smallest absolute Gasteiger partial charge is 0.119 e. The van der Waals surface area contributed by atoms with Crippen LogP contribution in [-0.2, 0) is 6.42 Å². The van der Waals surface area contributed by atoms with Crippen molar-refractivity contribution in [1.29, 1.82) is 5.26 Å². The molecule has 0 spiro atoms. The third-order valence-corrected chi connectivity index (χ3v) is 2.16. The highest BCUT2D eigenvalue weighted by molar-refractivity contribution is 5.27. The summed E-state index contributed by atoms with van der Waals surface area (Å²) in [5.74, 6) is 0.812. The molecule has 0 saturated heterocycles. The first-order valence-corrected chi connectivity index (χ1v) is 5.49. The standard InChI is InChI=1S/C13H17NO2/c1-11(15)10-12-4-6-13(7-5-12)16-9-3-2-8-14/h4-7,11,15H,2-3,9-10H2,1H3. The van der Waals surface area contributed by atoms with Gasteiger partial charge in [-0.2, -0.15) is 5.26 Å². The molecule has 0 aliphatic carbocycles. The number of benzene rings is 1. The largest absolute Gasteiger partial charge is 0.494 e. The van der Waals surface area contributed by atoms with Crippen LogP contribution < -0.4 is 4.74 Å². The summed E-state index contributed by atoms with van der Waals surface area (Å²) in [7, 11) is 0. The lowest BCUT2D eigenvalue weighted by Gasteiger charge is -2.07. The molecular formula is C13H17NO2. The Labute approximate surface area is 96.3 Å². The van der Waals surface area contributed by atoms with E-state index in [0.717, 1.165) is 17.7 Å². The third kappa shape index (κ3) is 4.81. The predicted molar refractivity (Wildman–Crippen MR) is 62.2 cm³/mol. The van der Waals surface area contributed by atoms with Gasteiger partial charge in [-0.3, -0.25) is 0 Å². The van der Waals surface area contributed by atoms with Crippen LogP contribution in [0.15, 0.2) is 24.3 Å². The van der Waals surface area contributed by atoms with Gasteiger partial charge in [0.25, 0.3) is 0 Å². The maximum atomic E-state index is 9.21. The van der Waals surface area contributed by atoms with Crippen molar-refractivity contribution in [3.8, 4) is 11.8 Å². The third-order valence-electron chi connectivity index (χ3n) is 2.16. The molecule has 0 aliphatic heterocycles. The van der Waals surface area contributed by atoms with Gasteiger partial charge in [-0.25, -0.2) is 0 Å². The molecule has 0 saturated carbocycles. The van der Waals surface area contributed by atoms with Crippen LogP contribution in [0.4, 0.5) is 0 Å². The second-order valence-electron chi connectivity index (χ2n) is 3.81. The Morgan fingerprint density at radius 1 is 1.38 bits per heavy atom. The zero-order valence-electron chi connectivity index (χ0n) is 9.52. The van der Waals surface area contributed by atoms with Crippen molar-refractivity contribution in [2.75, 3.05) is 6.61 Å². The molecule has 0 heterocycles. The molecule has 0 fully saturated rings. The highest BCUT2D eigenvalue weighted by Gasteiger charge is 1.99. The van der Waals surface area contributed by atoms with Gasteiger partial charge in [0.05, 0.1) is 18.8 Å². The van der Waals surface area contributed by atoms with Crippen molar-refractivity contribution in [3.63, 3.8) is 0 Å². The average molecular weight is 219 g/mol. The minimum absolute atomic E-state index is 0.317. The number of hydrogen-bond donors (Lipinski definition) is 1. The molecule has 1 aromatic carbocycles. The van der Waals surface area contributed by atoms with E-state index in [-0.39, 0.29) is 6.10 Å². The minimum Gasteiger partial charge on any atom is -0.494 e. The molecule has 0 aromatic heterocycles. The average Bonchev–Trinajstić information content (AvgIpc) is 2.26. The number of aliphatic hydroxyl groups is 1. The van der Waals surface area contributed by atoms with Gasteiger partial charge in [-0.15, -0.1) is 0 Å². The Bertz CT molecular complexity index is 338.